The zero-order valence-corrected chi connectivity index (χ0v) is 18.0. The van der Waals surface area contributed by atoms with Crippen molar-refractivity contribution < 1.29 is 4.79 Å². The number of hydrogen-bond donors (Lipinski definition) is 1. The first-order chi connectivity index (χ1) is 14.1. The van der Waals surface area contributed by atoms with Crippen molar-refractivity contribution >= 4 is 46.3 Å². The zero-order chi connectivity index (χ0) is 20.2. The molecular formula is C21H20Cl2N4OS. The largest absolute Gasteiger partial charge is 0.322 e. The Morgan fingerprint density at radius 1 is 0.966 bits per heavy atom. The third-order valence-electron chi connectivity index (χ3n) is 4.81. The average molecular weight is 447 g/mol. The van der Waals surface area contributed by atoms with E-state index in [0.29, 0.717) is 18.1 Å². The molecular weight excluding hydrogens is 427 g/mol. The predicted molar refractivity (Wildman–Crippen MR) is 120 cm³/mol. The Balaban J connectivity index is 1.28. The predicted octanol–water partition coefficient (Wildman–Crippen LogP) is 5.47. The van der Waals surface area contributed by atoms with Crippen LogP contribution < -0.4 is 5.32 Å². The summed E-state index contributed by atoms with van der Waals surface area (Å²) in [5.74, 6) is 0. The van der Waals surface area contributed by atoms with Crippen LogP contribution in [0.4, 0.5) is 10.5 Å². The van der Waals surface area contributed by atoms with Gasteiger partial charge in [-0.3, -0.25) is 4.90 Å². The van der Waals surface area contributed by atoms with Crippen molar-refractivity contribution in [1.29, 1.82) is 0 Å². The van der Waals surface area contributed by atoms with Gasteiger partial charge in [0.15, 0.2) is 0 Å². The van der Waals surface area contributed by atoms with Crippen LogP contribution in [0.25, 0.3) is 11.3 Å². The molecule has 1 aromatic heterocycles. The van der Waals surface area contributed by atoms with Gasteiger partial charge < -0.3 is 10.2 Å². The van der Waals surface area contributed by atoms with E-state index >= 15 is 0 Å². The monoisotopic (exact) mass is 446 g/mol. The van der Waals surface area contributed by atoms with Crippen LogP contribution in [0, 0.1) is 0 Å². The molecule has 1 saturated heterocycles. The average Bonchev–Trinajstić information content (AvgIpc) is 3.19. The second-order valence-corrected chi connectivity index (χ2v) is 8.65. The normalized spacial score (nSPS) is 14.8. The van der Waals surface area contributed by atoms with E-state index in [-0.39, 0.29) is 6.03 Å². The van der Waals surface area contributed by atoms with Crippen molar-refractivity contribution in [2.24, 2.45) is 0 Å². The van der Waals surface area contributed by atoms with Crippen LogP contribution in [0.5, 0.6) is 0 Å². The summed E-state index contributed by atoms with van der Waals surface area (Å²) >= 11 is 13.5. The lowest BCUT2D eigenvalue weighted by molar-refractivity contribution is 0.143. The number of urea groups is 1. The Morgan fingerprint density at radius 2 is 1.59 bits per heavy atom. The summed E-state index contributed by atoms with van der Waals surface area (Å²) in [6.07, 6.45) is 0. The number of aromatic nitrogens is 1. The minimum atomic E-state index is -0.0776. The van der Waals surface area contributed by atoms with Gasteiger partial charge in [0, 0.05) is 52.9 Å². The minimum absolute atomic E-state index is 0.0776. The van der Waals surface area contributed by atoms with E-state index in [4.69, 9.17) is 28.2 Å². The van der Waals surface area contributed by atoms with E-state index < -0.39 is 0 Å². The molecule has 0 radical (unpaired) electrons. The molecule has 2 amide bonds. The maximum Gasteiger partial charge on any atom is 0.321 e. The number of rotatable bonds is 4. The molecule has 0 spiro atoms. The number of anilines is 1. The van der Waals surface area contributed by atoms with Crippen LogP contribution in [-0.4, -0.2) is 47.0 Å². The Kier molecular flexibility index (Phi) is 6.35. The van der Waals surface area contributed by atoms with Gasteiger partial charge in [0.1, 0.15) is 5.01 Å². The highest BCUT2D eigenvalue weighted by Crippen LogP contribution is 2.24. The van der Waals surface area contributed by atoms with Crippen LogP contribution in [-0.2, 0) is 6.54 Å². The van der Waals surface area contributed by atoms with Gasteiger partial charge in [0.25, 0.3) is 0 Å². The standard InChI is InChI=1S/C21H20Cl2N4OS/c22-16-3-1-15(2-4-16)19-14-29-20(25-19)13-26-9-11-27(12-10-26)21(28)24-18-7-5-17(23)6-8-18/h1-8,14H,9-13H2,(H,24,28). The summed E-state index contributed by atoms with van der Waals surface area (Å²) in [4.78, 5) is 21.4. The summed E-state index contributed by atoms with van der Waals surface area (Å²) in [7, 11) is 0. The second-order valence-electron chi connectivity index (χ2n) is 6.83. The second kappa shape index (κ2) is 9.13. The van der Waals surface area contributed by atoms with Crippen LogP contribution in [0.15, 0.2) is 53.9 Å². The number of hydrogen-bond acceptors (Lipinski definition) is 4. The maximum absolute atomic E-state index is 12.4. The molecule has 1 aliphatic heterocycles. The smallest absolute Gasteiger partial charge is 0.321 e. The molecule has 0 atom stereocenters. The number of carbonyl (C=O) groups excluding carboxylic acids is 1. The molecule has 1 aliphatic rings. The zero-order valence-electron chi connectivity index (χ0n) is 15.6. The van der Waals surface area contributed by atoms with Crippen molar-refractivity contribution in [1.82, 2.24) is 14.8 Å². The molecule has 0 aliphatic carbocycles. The quantitative estimate of drug-likeness (QED) is 0.577. The molecule has 1 N–H and O–H groups in total. The molecule has 2 heterocycles. The lowest BCUT2D eigenvalue weighted by atomic mass is 10.2. The Hall–Kier alpha value is -2.12. The Morgan fingerprint density at radius 3 is 2.24 bits per heavy atom. The highest BCUT2D eigenvalue weighted by Gasteiger charge is 2.22. The minimum Gasteiger partial charge on any atom is -0.322 e. The van der Waals surface area contributed by atoms with Gasteiger partial charge in [0.05, 0.1) is 12.2 Å². The summed E-state index contributed by atoms with van der Waals surface area (Å²) < 4.78 is 0. The molecule has 1 fully saturated rings. The highest BCUT2D eigenvalue weighted by molar-refractivity contribution is 7.09. The molecule has 0 unspecified atom stereocenters. The molecule has 2 aromatic carbocycles. The van der Waals surface area contributed by atoms with Gasteiger partial charge in [-0.25, -0.2) is 9.78 Å². The number of thiazole rings is 1. The Labute approximate surface area is 183 Å². The van der Waals surface area contributed by atoms with E-state index in [1.165, 1.54) is 0 Å². The van der Waals surface area contributed by atoms with E-state index in [1.807, 2.05) is 29.2 Å². The Bertz CT molecular complexity index is 967. The molecule has 0 bridgehead atoms. The van der Waals surface area contributed by atoms with Crippen molar-refractivity contribution in [2.45, 2.75) is 6.54 Å². The highest BCUT2D eigenvalue weighted by atomic mass is 35.5. The lowest BCUT2D eigenvalue weighted by Crippen LogP contribution is -2.49. The third-order valence-corrected chi connectivity index (χ3v) is 6.14. The van der Waals surface area contributed by atoms with Gasteiger partial charge in [-0.15, -0.1) is 11.3 Å². The molecule has 4 rings (SSSR count). The fourth-order valence-electron chi connectivity index (χ4n) is 3.17. The first kappa shape index (κ1) is 20.2. The molecule has 29 heavy (non-hydrogen) atoms. The van der Waals surface area contributed by atoms with Crippen molar-refractivity contribution in [2.75, 3.05) is 31.5 Å². The van der Waals surface area contributed by atoms with Crippen molar-refractivity contribution in [3.63, 3.8) is 0 Å². The third kappa shape index (κ3) is 5.28. The van der Waals surface area contributed by atoms with Gasteiger partial charge >= 0.3 is 6.03 Å². The molecule has 8 heteroatoms. The van der Waals surface area contributed by atoms with Gasteiger partial charge in [-0.2, -0.15) is 0 Å². The molecule has 3 aromatic rings. The van der Waals surface area contributed by atoms with Crippen LogP contribution in [0.2, 0.25) is 10.0 Å². The number of carbonyl (C=O) groups is 1. The van der Waals surface area contributed by atoms with Gasteiger partial charge in [0.2, 0.25) is 0 Å². The van der Waals surface area contributed by atoms with E-state index in [2.05, 4.69) is 15.6 Å². The first-order valence-electron chi connectivity index (χ1n) is 9.31. The molecule has 150 valence electrons. The maximum atomic E-state index is 12.4. The van der Waals surface area contributed by atoms with Crippen LogP contribution in [0.3, 0.4) is 0 Å². The number of piperazine rings is 1. The van der Waals surface area contributed by atoms with Crippen LogP contribution in [0.1, 0.15) is 5.01 Å². The van der Waals surface area contributed by atoms with E-state index in [9.17, 15) is 4.79 Å². The summed E-state index contributed by atoms with van der Waals surface area (Å²) in [6.45, 7) is 3.82. The summed E-state index contributed by atoms with van der Waals surface area (Å²) in [5, 5.41) is 7.45. The first-order valence-corrected chi connectivity index (χ1v) is 10.9. The summed E-state index contributed by atoms with van der Waals surface area (Å²) in [5.41, 5.74) is 2.79. The fraction of sp³-hybridized carbons (Fsp3) is 0.238. The molecule has 0 saturated carbocycles. The van der Waals surface area contributed by atoms with Gasteiger partial charge in [-0.1, -0.05) is 35.3 Å². The number of halogens is 2. The fourth-order valence-corrected chi connectivity index (χ4v) is 4.27. The summed E-state index contributed by atoms with van der Waals surface area (Å²) in [6, 6.07) is 14.8. The SMILES string of the molecule is O=C(Nc1ccc(Cl)cc1)N1CCN(Cc2nc(-c3ccc(Cl)cc3)cs2)CC1. The number of nitrogens with zero attached hydrogens (tertiary/aromatic N) is 3. The van der Waals surface area contributed by atoms with Crippen LogP contribution >= 0.6 is 34.5 Å². The number of amides is 2. The van der Waals surface area contributed by atoms with E-state index in [1.54, 1.807) is 35.6 Å². The lowest BCUT2D eigenvalue weighted by Gasteiger charge is -2.34. The number of benzene rings is 2. The number of nitrogens with one attached hydrogen (secondary N) is 1. The van der Waals surface area contributed by atoms with Crippen molar-refractivity contribution in [3.05, 3.63) is 69.0 Å². The van der Waals surface area contributed by atoms with E-state index in [0.717, 1.165) is 46.6 Å². The van der Waals surface area contributed by atoms with Gasteiger partial charge in [-0.05, 0) is 36.4 Å². The molecule has 5 nitrogen and oxygen atoms in total. The topological polar surface area (TPSA) is 48.5 Å². The van der Waals surface area contributed by atoms with Crippen molar-refractivity contribution in [3.8, 4) is 11.3 Å².